The molecule has 0 saturated heterocycles. The molecule has 0 amide bonds. The molecule has 0 atom stereocenters. The van der Waals surface area contributed by atoms with Gasteiger partial charge in [0.2, 0.25) is 0 Å². The molecule has 0 aromatic heterocycles. The Labute approximate surface area is 108 Å². The lowest BCUT2D eigenvalue weighted by atomic mass is 10.3. The van der Waals surface area contributed by atoms with Crippen LogP contribution in [0.1, 0.15) is 26.7 Å². The molecule has 0 bridgehead atoms. The standard InChI is InChI=1S/C12H24N2O4/c1-3-5-13(9-11(15)16)7-8-14(6-4-2)10-12(17)18/h3-10H2,1-2H3,(H,15,16)(H,17,18). The van der Waals surface area contributed by atoms with Gasteiger partial charge in [-0.2, -0.15) is 0 Å². The topological polar surface area (TPSA) is 81.1 Å². The van der Waals surface area contributed by atoms with Gasteiger partial charge in [-0.1, -0.05) is 13.8 Å². The van der Waals surface area contributed by atoms with E-state index in [9.17, 15) is 9.59 Å². The predicted octanol–water partition coefficient (Wildman–Crippen LogP) is 0.580. The van der Waals surface area contributed by atoms with Crippen molar-refractivity contribution < 1.29 is 19.8 Å². The third-order valence-electron chi connectivity index (χ3n) is 2.53. The first-order valence-corrected chi connectivity index (χ1v) is 6.37. The number of hydrogen-bond acceptors (Lipinski definition) is 4. The lowest BCUT2D eigenvalue weighted by molar-refractivity contribution is -0.140. The van der Waals surface area contributed by atoms with E-state index in [1.165, 1.54) is 0 Å². The lowest BCUT2D eigenvalue weighted by Gasteiger charge is -2.25. The van der Waals surface area contributed by atoms with Gasteiger partial charge in [0, 0.05) is 13.1 Å². The van der Waals surface area contributed by atoms with Crippen molar-refractivity contribution in [2.45, 2.75) is 26.7 Å². The zero-order valence-corrected chi connectivity index (χ0v) is 11.3. The van der Waals surface area contributed by atoms with Gasteiger partial charge in [0.25, 0.3) is 0 Å². The molecule has 0 aromatic rings. The average Bonchev–Trinajstić information content (AvgIpc) is 2.24. The Bertz CT molecular complexity index is 232. The normalized spacial score (nSPS) is 11.1. The van der Waals surface area contributed by atoms with Crippen molar-refractivity contribution in [3.8, 4) is 0 Å². The Balaban J connectivity index is 4.16. The fourth-order valence-electron chi connectivity index (χ4n) is 1.84. The van der Waals surface area contributed by atoms with Gasteiger partial charge < -0.3 is 10.2 Å². The van der Waals surface area contributed by atoms with Crippen molar-refractivity contribution in [1.29, 1.82) is 0 Å². The van der Waals surface area contributed by atoms with Crippen molar-refractivity contribution in [2.75, 3.05) is 39.3 Å². The van der Waals surface area contributed by atoms with E-state index in [1.54, 1.807) is 0 Å². The summed E-state index contributed by atoms with van der Waals surface area (Å²) in [5.41, 5.74) is 0. The number of nitrogens with zero attached hydrogens (tertiary/aromatic N) is 2. The van der Waals surface area contributed by atoms with Crippen LogP contribution in [0.3, 0.4) is 0 Å². The highest BCUT2D eigenvalue weighted by Crippen LogP contribution is 1.96. The minimum Gasteiger partial charge on any atom is -0.480 e. The van der Waals surface area contributed by atoms with E-state index in [4.69, 9.17) is 10.2 Å². The summed E-state index contributed by atoms with van der Waals surface area (Å²) >= 11 is 0. The van der Waals surface area contributed by atoms with Crippen LogP contribution < -0.4 is 0 Å². The molecule has 2 N–H and O–H groups in total. The lowest BCUT2D eigenvalue weighted by Crippen LogP contribution is -2.40. The molecule has 0 aliphatic heterocycles. The highest BCUT2D eigenvalue weighted by atomic mass is 16.4. The first-order valence-electron chi connectivity index (χ1n) is 6.37. The highest BCUT2D eigenvalue weighted by Gasteiger charge is 2.13. The fraction of sp³-hybridized carbons (Fsp3) is 0.833. The van der Waals surface area contributed by atoms with Gasteiger partial charge in [0.15, 0.2) is 0 Å². The Morgan fingerprint density at radius 2 is 1.11 bits per heavy atom. The predicted molar refractivity (Wildman–Crippen MR) is 68.7 cm³/mol. The number of carboxylic acids is 2. The molecule has 106 valence electrons. The summed E-state index contributed by atoms with van der Waals surface area (Å²) in [5, 5.41) is 17.6. The van der Waals surface area contributed by atoms with Crippen LogP contribution in [-0.2, 0) is 9.59 Å². The molecule has 0 aromatic carbocycles. The Kier molecular flexibility index (Phi) is 9.22. The Morgan fingerprint density at radius 3 is 1.33 bits per heavy atom. The molecule has 0 rings (SSSR count). The van der Waals surface area contributed by atoms with Crippen LogP contribution in [0.25, 0.3) is 0 Å². The van der Waals surface area contributed by atoms with Crippen LogP contribution in [-0.4, -0.2) is 71.2 Å². The largest absolute Gasteiger partial charge is 0.480 e. The first kappa shape index (κ1) is 16.9. The Hall–Kier alpha value is -1.14. The first-order chi connectivity index (χ1) is 8.49. The summed E-state index contributed by atoms with van der Waals surface area (Å²) in [6, 6.07) is 0. The van der Waals surface area contributed by atoms with Crippen LogP contribution in [0.5, 0.6) is 0 Å². The maximum absolute atomic E-state index is 10.7. The number of carboxylic acid groups (broad SMARTS) is 2. The van der Waals surface area contributed by atoms with Crippen LogP contribution in [0.2, 0.25) is 0 Å². The van der Waals surface area contributed by atoms with Gasteiger partial charge in [-0.3, -0.25) is 19.4 Å². The molecule has 0 heterocycles. The van der Waals surface area contributed by atoms with E-state index in [0.717, 1.165) is 25.9 Å². The van der Waals surface area contributed by atoms with Crippen LogP contribution in [0.4, 0.5) is 0 Å². The maximum Gasteiger partial charge on any atom is 0.317 e. The van der Waals surface area contributed by atoms with Gasteiger partial charge in [-0.15, -0.1) is 0 Å². The molecule has 18 heavy (non-hydrogen) atoms. The van der Waals surface area contributed by atoms with E-state index < -0.39 is 11.9 Å². The monoisotopic (exact) mass is 260 g/mol. The van der Waals surface area contributed by atoms with Crippen LogP contribution in [0, 0.1) is 0 Å². The third-order valence-corrected chi connectivity index (χ3v) is 2.53. The highest BCUT2D eigenvalue weighted by molar-refractivity contribution is 5.69. The summed E-state index contributed by atoms with van der Waals surface area (Å²) in [4.78, 5) is 25.0. The second-order valence-corrected chi connectivity index (χ2v) is 4.34. The SMILES string of the molecule is CCCN(CCN(CCC)CC(=O)O)CC(=O)O. The molecule has 0 aliphatic carbocycles. The summed E-state index contributed by atoms with van der Waals surface area (Å²) in [5.74, 6) is -1.69. The summed E-state index contributed by atoms with van der Waals surface area (Å²) in [7, 11) is 0. The minimum atomic E-state index is -0.844. The van der Waals surface area contributed by atoms with Crippen molar-refractivity contribution in [1.82, 2.24) is 9.80 Å². The van der Waals surface area contributed by atoms with Crippen LogP contribution in [0.15, 0.2) is 0 Å². The number of carbonyl (C=O) groups is 2. The summed E-state index contributed by atoms with van der Waals surface area (Å²) < 4.78 is 0. The van der Waals surface area contributed by atoms with E-state index >= 15 is 0 Å². The van der Waals surface area contributed by atoms with E-state index in [2.05, 4.69) is 0 Å². The zero-order chi connectivity index (χ0) is 14.0. The molecule has 0 aliphatic rings. The quantitative estimate of drug-likeness (QED) is 0.565. The maximum atomic E-state index is 10.7. The molecule has 0 unspecified atom stereocenters. The van der Waals surface area contributed by atoms with Crippen molar-refractivity contribution in [2.24, 2.45) is 0 Å². The van der Waals surface area contributed by atoms with Crippen LogP contribution >= 0.6 is 0 Å². The molecule has 0 fully saturated rings. The molecule has 0 saturated carbocycles. The van der Waals surface area contributed by atoms with E-state index in [-0.39, 0.29) is 13.1 Å². The van der Waals surface area contributed by atoms with Gasteiger partial charge in [-0.05, 0) is 25.9 Å². The zero-order valence-electron chi connectivity index (χ0n) is 11.3. The summed E-state index contributed by atoms with van der Waals surface area (Å²) in [6.45, 7) is 6.65. The molecular weight excluding hydrogens is 236 g/mol. The van der Waals surface area contributed by atoms with Crippen molar-refractivity contribution in [3.05, 3.63) is 0 Å². The van der Waals surface area contributed by atoms with Crippen molar-refractivity contribution >= 4 is 11.9 Å². The van der Waals surface area contributed by atoms with Gasteiger partial charge in [0.1, 0.15) is 0 Å². The van der Waals surface area contributed by atoms with E-state index in [0.29, 0.717) is 13.1 Å². The second kappa shape index (κ2) is 9.85. The third kappa shape index (κ3) is 8.95. The minimum absolute atomic E-state index is 0.0148. The number of rotatable bonds is 11. The summed E-state index contributed by atoms with van der Waals surface area (Å²) in [6.07, 6.45) is 1.78. The van der Waals surface area contributed by atoms with Crippen molar-refractivity contribution in [3.63, 3.8) is 0 Å². The molecule has 0 radical (unpaired) electrons. The fourth-order valence-corrected chi connectivity index (χ4v) is 1.84. The Morgan fingerprint density at radius 1 is 0.778 bits per heavy atom. The van der Waals surface area contributed by atoms with Gasteiger partial charge in [-0.25, -0.2) is 0 Å². The van der Waals surface area contributed by atoms with Gasteiger partial charge in [0.05, 0.1) is 13.1 Å². The van der Waals surface area contributed by atoms with Gasteiger partial charge >= 0.3 is 11.9 Å². The average molecular weight is 260 g/mol. The molecule has 6 heteroatoms. The molecular formula is C12H24N2O4. The number of hydrogen-bond donors (Lipinski definition) is 2. The smallest absolute Gasteiger partial charge is 0.317 e. The number of aliphatic carboxylic acids is 2. The van der Waals surface area contributed by atoms with E-state index in [1.807, 2.05) is 23.6 Å². The second-order valence-electron chi connectivity index (χ2n) is 4.34. The molecule has 0 spiro atoms. The molecule has 6 nitrogen and oxygen atoms in total.